The summed E-state index contributed by atoms with van der Waals surface area (Å²) in [5, 5.41) is 0.146. The molecule has 0 unspecified atom stereocenters. The number of hydrogen-bond acceptors (Lipinski definition) is 2. The Bertz CT molecular complexity index is 371. The minimum atomic E-state index is -4.66. The molecule has 0 aromatic heterocycles. The molecule has 0 N–H and O–H groups in total. The third-order valence-corrected chi connectivity index (χ3v) is 2.75. The lowest BCUT2D eigenvalue weighted by Gasteiger charge is -2.31. The van der Waals surface area contributed by atoms with Crippen molar-refractivity contribution in [3.8, 4) is 11.5 Å². The van der Waals surface area contributed by atoms with Gasteiger partial charge in [0.2, 0.25) is 0 Å². The second-order valence-electron chi connectivity index (χ2n) is 3.83. The van der Waals surface area contributed by atoms with Crippen molar-refractivity contribution in [1.29, 1.82) is 0 Å². The Balaban J connectivity index is 1.89. The van der Waals surface area contributed by atoms with Gasteiger partial charge in [-0.2, -0.15) is 0 Å². The quantitative estimate of drug-likeness (QED) is 0.776. The Labute approximate surface area is 101 Å². The summed E-state index contributed by atoms with van der Waals surface area (Å²) in [5.41, 5.74) is 0. The Morgan fingerprint density at radius 3 is 2.06 bits per heavy atom. The van der Waals surface area contributed by atoms with Crippen LogP contribution in [0.25, 0.3) is 0 Å². The second-order valence-corrected chi connectivity index (χ2v) is 4.44. The summed E-state index contributed by atoms with van der Waals surface area (Å²) < 4.78 is 44.9. The molecule has 0 spiro atoms. The molecule has 0 bridgehead atoms. The van der Waals surface area contributed by atoms with Crippen molar-refractivity contribution in [3.63, 3.8) is 0 Å². The van der Waals surface area contributed by atoms with Crippen LogP contribution in [-0.2, 0) is 0 Å². The van der Waals surface area contributed by atoms with E-state index in [2.05, 4.69) is 4.74 Å². The van der Waals surface area contributed by atoms with Crippen molar-refractivity contribution in [2.45, 2.75) is 30.7 Å². The molecule has 2 nitrogen and oxygen atoms in total. The zero-order valence-corrected chi connectivity index (χ0v) is 9.46. The van der Waals surface area contributed by atoms with E-state index in [1.54, 1.807) is 0 Å². The summed E-state index contributed by atoms with van der Waals surface area (Å²) in [4.78, 5) is 0. The zero-order chi connectivity index (χ0) is 12.5. The fraction of sp³-hybridized carbons (Fsp3) is 0.455. The van der Waals surface area contributed by atoms with Crippen molar-refractivity contribution in [2.75, 3.05) is 0 Å². The Morgan fingerprint density at radius 1 is 1.06 bits per heavy atom. The van der Waals surface area contributed by atoms with Crippen LogP contribution < -0.4 is 9.47 Å². The minimum absolute atomic E-state index is 0.0619. The molecule has 1 aromatic carbocycles. The van der Waals surface area contributed by atoms with Crippen LogP contribution in [0, 0.1) is 0 Å². The maximum Gasteiger partial charge on any atom is 0.573 e. The van der Waals surface area contributed by atoms with Gasteiger partial charge < -0.3 is 9.47 Å². The van der Waals surface area contributed by atoms with Gasteiger partial charge in [0.05, 0.1) is 0 Å². The van der Waals surface area contributed by atoms with Gasteiger partial charge in [-0.05, 0) is 24.3 Å². The van der Waals surface area contributed by atoms with E-state index >= 15 is 0 Å². The molecule has 1 aliphatic carbocycles. The number of hydrogen-bond donors (Lipinski definition) is 0. The molecule has 6 heteroatoms. The highest BCUT2D eigenvalue weighted by atomic mass is 35.5. The van der Waals surface area contributed by atoms with Gasteiger partial charge in [0.15, 0.2) is 0 Å². The van der Waals surface area contributed by atoms with Gasteiger partial charge in [0.1, 0.15) is 17.6 Å². The lowest BCUT2D eigenvalue weighted by atomic mass is 9.95. The summed E-state index contributed by atoms with van der Waals surface area (Å²) in [5.74, 6) is 0.266. The van der Waals surface area contributed by atoms with Crippen LogP contribution in [0.2, 0.25) is 0 Å². The van der Waals surface area contributed by atoms with E-state index in [0.717, 1.165) is 12.8 Å². The fourth-order valence-electron chi connectivity index (χ4n) is 1.51. The first-order valence-corrected chi connectivity index (χ1v) is 5.52. The molecule has 2 rings (SSSR count). The highest BCUT2D eigenvalue weighted by Crippen LogP contribution is 2.31. The number of alkyl halides is 4. The molecule has 1 fully saturated rings. The van der Waals surface area contributed by atoms with E-state index < -0.39 is 6.36 Å². The molecular formula is C11H10ClF3O2. The summed E-state index contributed by atoms with van der Waals surface area (Å²) in [7, 11) is 0. The molecule has 1 aromatic rings. The maximum absolute atomic E-state index is 11.9. The smallest absolute Gasteiger partial charge is 0.490 e. The van der Waals surface area contributed by atoms with Crippen LogP contribution in [0.4, 0.5) is 13.2 Å². The zero-order valence-electron chi connectivity index (χ0n) is 8.71. The molecule has 1 saturated carbocycles. The van der Waals surface area contributed by atoms with Crippen LogP contribution in [-0.4, -0.2) is 17.8 Å². The molecule has 0 heterocycles. The molecule has 0 radical (unpaired) electrons. The summed E-state index contributed by atoms with van der Waals surface area (Å²) in [6, 6.07) is 5.34. The van der Waals surface area contributed by atoms with Crippen molar-refractivity contribution in [1.82, 2.24) is 0 Å². The summed E-state index contributed by atoms with van der Waals surface area (Å²) >= 11 is 5.78. The lowest BCUT2D eigenvalue weighted by Crippen LogP contribution is -2.34. The van der Waals surface area contributed by atoms with E-state index in [-0.39, 0.29) is 17.2 Å². The van der Waals surface area contributed by atoms with Crippen molar-refractivity contribution in [2.24, 2.45) is 0 Å². The van der Waals surface area contributed by atoms with Crippen LogP contribution in [0.1, 0.15) is 12.8 Å². The number of rotatable bonds is 3. The van der Waals surface area contributed by atoms with E-state index in [1.165, 1.54) is 24.3 Å². The van der Waals surface area contributed by atoms with Crippen molar-refractivity contribution >= 4 is 11.6 Å². The molecule has 94 valence electrons. The monoisotopic (exact) mass is 266 g/mol. The molecule has 0 saturated heterocycles. The molecule has 0 atom stereocenters. The van der Waals surface area contributed by atoms with E-state index in [1.807, 2.05) is 0 Å². The van der Waals surface area contributed by atoms with E-state index in [0.29, 0.717) is 5.75 Å². The Kier molecular flexibility index (Phi) is 3.38. The predicted molar refractivity (Wildman–Crippen MR) is 56.4 cm³/mol. The van der Waals surface area contributed by atoms with Gasteiger partial charge in [-0.1, -0.05) is 0 Å². The highest BCUT2D eigenvalue weighted by molar-refractivity contribution is 6.21. The van der Waals surface area contributed by atoms with Gasteiger partial charge in [0.25, 0.3) is 0 Å². The van der Waals surface area contributed by atoms with Gasteiger partial charge in [-0.15, -0.1) is 24.8 Å². The highest BCUT2D eigenvalue weighted by Gasteiger charge is 2.31. The number of benzene rings is 1. The minimum Gasteiger partial charge on any atom is -0.490 e. The van der Waals surface area contributed by atoms with E-state index in [9.17, 15) is 13.2 Å². The third-order valence-electron chi connectivity index (χ3n) is 2.40. The molecule has 0 amide bonds. The average molecular weight is 267 g/mol. The second kappa shape index (κ2) is 4.64. The SMILES string of the molecule is FC(F)(F)Oc1ccc(OC2CC(Cl)C2)cc1. The van der Waals surface area contributed by atoms with Gasteiger partial charge in [0, 0.05) is 18.2 Å². The van der Waals surface area contributed by atoms with Crippen molar-refractivity contribution in [3.05, 3.63) is 24.3 Å². The maximum atomic E-state index is 11.9. The Hall–Kier alpha value is -1.10. The van der Waals surface area contributed by atoms with Crippen LogP contribution >= 0.6 is 11.6 Å². The largest absolute Gasteiger partial charge is 0.573 e. The lowest BCUT2D eigenvalue weighted by molar-refractivity contribution is -0.274. The normalized spacial score (nSPS) is 24.0. The number of halogens is 4. The molecule has 0 aliphatic heterocycles. The first kappa shape index (κ1) is 12.4. The molecular weight excluding hydrogens is 257 g/mol. The standard InChI is InChI=1S/C11H10ClF3O2/c12-7-5-10(6-7)16-8-1-3-9(4-2-8)17-11(13,14)15/h1-4,7,10H,5-6H2. The van der Waals surface area contributed by atoms with Gasteiger partial charge in [-0.3, -0.25) is 0 Å². The summed E-state index contributed by atoms with van der Waals surface area (Å²) in [6.45, 7) is 0. The topological polar surface area (TPSA) is 18.5 Å². The summed E-state index contributed by atoms with van der Waals surface area (Å²) in [6.07, 6.45) is -3.07. The van der Waals surface area contributed by atoms with Gasteiger partial charge >= 0.3 is 6.36 Å². The fourth-order valence-corrected chi connectivity index (χ4v) is 1.91. The Morgan fingerprint density at radius 2 is 1.59 bits per heavy atom. The van der Waals surface area contributed by atoms with E-state index in [4.69, 9.17) is 16.3 Å². The number of ether oxygens (including phenoxy) is 2. The van der Waals surface area contributed by atoms with Crippen LogP contribution in [0.5, 0.6) is 11.5 Å². The van der Waals surface area contributed by atoms with Crippen LogP contribution in [0.3, 0.4) is 0 Å². The molecule has 17 heavy (non-hydrogen) atoms. The molecule has 1 aliphatic rings. The first-order chi connectivity index (χ1) is 7.92. The average Bonchev–Trinajstić information content (AvgIpc) is 2.16. The van der Waals surface area contributed by atoms with Gasteiger partial charge in [-0.25, -0.2) is 0 Å². The third kappa shape index (κ3) is 3.70. The van der Waals surface area contributed by atoms with Crippen LogP contribution in [0.15, 0.2) is 24.3 Å². The van der Waals surface area contributed by atoms with Crippen molar-refractivity contribution < 1.29 is 22.6 Å². The predicted octanol–water partition coefficient (Wildman–Crippen LogP) is 3.73. The first-order valence-electron chi connectivity index (χ1n) is 5.09.